The molecule has 4 nitrogen and oxygen atoms in total. The lowest BCUT2D eigenvalue weighted by atomic mass is 10.1. The Kier molecular flexibility index (Phi) is 8.09. The summed E-state index contributed by atoms with van der Waals surface area (Å²) < 4.78 is 0.856. The Morgan fingerprint density at radius 2 is 1.85 bits per heavy atom. The lowest BCUT2D eigenvalue weighted by molar-refractivity contribution is -0.113. The third kappa shape index (κ3) is 6.80. The number of carbonyl (C=O) groups is 1. The van der Waals surface area contributed by atoms with E-state index >= 15 is 0 Å². The number of hydrogen-bond acceptors (Lipinski definition) is 6. The maximum absolute atomic E-state index is 12.4. The van der Waals surface area contributed by atoms with Crippen molar-refractivity contribution in [2.45, 2.75) is 31.0 Å². The van der Waals surface area contributed by atoms with Gasteiger partial charge in [0.2, 0.25) is 5.91 Å². The molecule has 0 atom stereocenters. The molecule has 9 heteroatoms. The van der Waals surface area contributed by atoms with Crippen LogP contribution in [0, 0.1) is 13.8 Å². The summed E-state index contributed by atoms with van der Waals surface area (Å²) >= 11 is 16.9. The number of aryl methyl sites for hydroxylation is 2. The number of rotatable bonds is 8. The smallest absolute Gasteiger partial charge is 0.236 e. The molecule has 0 saturated heterocycles. The molecule has 170 valence electrons. The summed E-state index contributed by atoms with van der Waals surface area (Å²) in [5.74, 6) is 0.181. The molecule has 0 aliphatic rings. The van der Waals surface area contributed by atoms with Crippen LogP contribution in [0.3, 0.4) is 0 Å². The normalized spacial score (nSPS) is 11.0. The van der Waals surface area contributed by atoms with Crippen molar-refractivity contribution in [2.75, 3.05) is 11.1 Å². The summed E-state index contributed by atoms with van der Waals surface area (Å²) in [7, 11) is 0. The third-order valence-electron chi connectivity index (χ3n) is 4.86. The highest BCUT2D eigenvalue weighted by Crippen LogP contribution is 2.31. The van der Waals surface area contributed by atoms with E-state index in [1.807, 2.05) is 19.2 Å². The molecular formula is C24H21Cl2N3OS3. The van der Waals surface area contributed by atoms with E-state index in [0.717, 1.165) is 31.8 Å². The number of hydrogen-bond donors (Lipinski definition) is 1. The molecule has 0 aliphatic heterocycles. The highest BCUT2D eigenvalue weighted by Gasteiger charge is 2.14. The van der Waals surface area contributed by atoms with Crippen molar-refractivity contribution in [1.82, 2.24) is 9.97 Å². The van der Waals surface area contributed by atoms with Crippen molar-refractivity contribution in [2.24, 2.45) is 0 Å². The molecule has 4 rings (SSSR count). The van der Waals surface area contributed by atoms with E-state index in [2.05, 4.69) is 46.5 Å². The number of nitrogens with one attached hydrogen (secondary N) is 1. The fraction of sp³-hybridized carbons (Fsp3) is 0.208. The zero-order valence-electron chi connectivity index (χ0n) is 18.0. The number of benzene rings is 2. The monoisotopic (exact) mass is 533 g/mol. The van der Waals surface area contributed by atoms with Crippen molar-refractivity contribution < 1.29 is 4.79 Å². The van der Waals surface area contributed by atoms with E-state index in [9.17, 15) is 4.79 Å². The second-order valence-electron chi connectivity index (χ2n) is 7.53. The maximum Gasteiger partial charge on any atom is 0.236 e. The lowest BCUT2D eigenvalue weighted by Gasteiger charge is -2.03. The highest BCUT2D eigenvalue weighted by atomic mass is 35.5. The zero-order chi connectivity index (χ0) is 23.4. The summed E-state index contributed by atoms with van der Waals surface area (Å²) in [4.78, 5) is 23.6. The molecule has 0 radical (unpaired) electrons. The van der Waals surface area contributed by atoms with Gasteiger partial charge >= 0.3 is 0 Å². The van der Waals surface area contributed by atoms with Gasteiger partial charge < -0.3 is 5.32 Å². The fourth-order valence-electron chi connectivity index (χ4n) is 3.12. The third-order valence-corrected chi connectivity index (χ3v) is 8.67. The minimum Gasteiger partial charge on any atom is -0.301 e. The van der Waals surface area contributed by atoms with E-state index in [-0.39, 0.29) is 11.7 Å². The first kappa shape index (κ1) is 24.2. The van der Waals surface area contributed by atoms with Gasteiger partial charge in [-0.15, -0.1) is 22.7 Å². The molecule has 33 heavy (non-hydrogen) atoms. The number of amides is 1. The van der Waals surface area contributed by atoms with Crippen LogP contribution in [0.1, 0.15) is 32.1 Å². The molecule has 2 aromatic heterocycles. The fourth-order valence-corrected chi connectivity index (χ4v) is 6.41. The number of carbonyl (C=O) groups excluding carboxylic acids is 1. The van der Waals surface area contributed by atoms with Crippen LogP contribution in [0.5, 0.6) is 0 Å². The Morgan fingerprint density at radius 1 is 1.06 bits per heavy atom. The average Bonchev–Trinajstić information content (AvgIpc) is 3.36. The maximum atomic E-state index is 12.4. The molecule has 0 fully saturated rings. The van der Waals surface area contributed by atoms with Gasteiger partial charge in [0.25, 0.3) is 0 Å². The molecule has 0 saturated carbocycles. The van der Waals surface area contributed by atoms with Crippen LogP contribution in [0.4, 0.5) is 5.13 Å². The van der Waals surface area contributed by atoms with E-state index in [4.69, 9.17) is 23.2 Å². The van der Waals surface area contributed by atoms with E-state index in [0.29, 0.717) is 21.6 Å². The molecule has 4 aromatic rings. The molecule has 0 aliphatic carbocycles. The van der Waals surface area contributed by atoms with Gasteiger partial charge in [0.1, 0.15) is 0 Å². The van der Waals surface area contributed by atoms with Crippen LogP contribution in [-0.4, -0.2) is 21.6 Å². The summed E-state index contributed by atoms with van der Waals surface area (Å²) in [6.07, 6.45) is 3.30. The van der Waals surface area contributed by atoms with E-state index in [1.165, 1.54) is 34.2 Å². The van der Waals surface area contributed by atoms with Crippen molar-refractivity contribution >= 4 is 68.7 Å². The first-order valence-corrected chi connectivity index (χ1v) is 13.6. The standard InChI is InChI=1S/C24H21Cl2N3OS3/c1-14-3-5-16(6-4-14)9-19-12-27-23(32-19)29-22(30)13-31-24-28-15(2)21(33-24)11-17-10-18(25)7-8-20(17)26/h3-8,10,12H,9,11,13H2,1-2H3,(H,27,29,30). The molecule has 0 spiro atoms. The average molecular weight is 535 g/mol. The van der Waals surface area contributed by atoms with Gasteiger partial charge in [-0.05, 0) is 43.2 Å². The first-order chi connectivity index (χ1) is 15.9. The Labute approximate surface area is 215 Å². The Balaban J connectivity index is 1.30. The van der Waals surface area contributed by atoms with Crippen LogP contribution in [0.15, 0.2) is 53.0 Å². The van der Waals surface area contributed by atoms with Crippen LogP contribution in [0.2, 0.25) is 10.0 Å². The molecule has 1 amide bonds. The molecule has 2 aromatic carbocycles. The number of thiazole rings is 2. The predicted molar refractivity (Wildman–Crippen MR) is 142 cm³/mol. The molecular weight excluding hydrogens is 513 g/mol. The summed E-state index contributed by atoms with van der Waals surface area (Å²) in [5.41, 5.74) is 4.38. The van der Waals surface area contributed by atoms with Crippen molar-refractivity contribution in [3.8, 4) is 0 Å². The minimum atomic E-state index is -0.0940. The van der Waals surface area contributed by atoms with Gasteiger partial charge in [-0.1, -0.05) is 64.8 Å². The van der Waals surface area contributed by atoms with Gasteiger partial charge in [-0.25, -0.2) is 9.97 Å². The summed E-state index contributed by atoms with van der Waals surface area (Å²) in [6.45, 7) is 4.05. The largest absolute Gasteiger partial charge is 0.301 e. The van der Waals surface area contributed by atoms with Gasteiger partial charge in [0.15, 0.2) is 9.47 Å². The minimum absolute atomic E-state index is 0.0940. The quantitative estimate of drug-likeness (QED) is 0.239. The van der Waals surface area contributed by atoms with Crippen molar-refractivity contribution in [1.29, 1.82) is 0 Å². The SMILES string of the molecule is Cc1ccc(Cc2cnc(NC(=O)CSc3nc(C)c(Cc4cc(Cl)ccc4Cl)s3)s2)cc1. The van der Waals surface area contributed by atoms with Crippen LogP contribution in [0.25, 0.3) is 0 Å². The van der Waals surface area contributed by atoms with Crippen LogP contribution >= 0.6 is 57.6 Å². The second-order valence-corrected chi connectivity index (χ2v) is 11.8. The van der Waals surface area contributed by atoms with Crippen molar-refractivity contribution in [3.05, 3.63) is 90.8 Å². The number of halogens is 2. The van der Waals surface area contributed by atoms with E-state index < -0.39 is 0 Å². The predicted octanol–water partition coefficient (Wildman–Crippen LogP) is 7.44. The van der Waals surface area contributed by atoms with Crippen LogP contribution in [-0.2, 0) is 17.6 Å². The van der Waals surface area contributed by atoms with E-state index in [1.54, 1.807) is 23.5 Å². The Hall–Kier alpha value is -1.90. The lowest BCUT2D eigenvalue weighted by Crippen LogP contribution is -2.13. The zero-order valence-corrected chi connectivity index (χ0v) is 22.0. The second kappa shape index (κ2) is 11.0. The number of anilines is 1. The summed E-state index contributed by atoms with van der Waals surface area (Å²) in [5, 5.41) is 4.86. The Bertz CT molecular complexity index is 1270. The summed E-state index contributed by atoms with van der Waals surface area (Å²) in [6, 6.07) is 13.9. The topological polar surface area (TPSA) is 54.9 Å². The molecule has 1 N–H and O–H groups in total. The van der Waals surface area contributed by atoms with Crippen LogP contribution < -0.4 is 5.32 Å². The number of nitrogens with zero attached hydrogens (tertiary/aromatic N) is 2. The number of thioether (sulfide) groups is 1. The van der Waals surface area contributed by atoms with Crippen molar-refractivity contribution in [3.63, 3.8) is 0 Å². The highest BCUT2D eigenvalue weighted by molar-refractivity contribution is 8.01. The van der Waals surface area contributed by atoms with Gasteiger partial charge in [0.05, 0.1) is 11.4 Å². The van der Waals surface area contributed by atoms with Gasteiger partial charge in [-0.2, -0.15) is 0 Å². The molecule has 0 unspecified atom stereocenters. The molecule has 0 bridgehead atoms. The molecule has 2 heterocycles. The first-order valence-electron chi connectivity index (χ1n) is 10.2. The number of aromatic nitrogens is 2. The van der Waals surface area contributed by atoms with Gasteiger partial charge in [0, 0.05) is 38.8 Å². The Morgan fingerprint density at radius 3 is 2.64 bits per heavy atom. The van der Waals surface area contributed by atoms with Gasteiger partial charge in [-0.3, -0.25) is 4.79 Å².